The van der Waals surface area contributed by atoms with Gasteiger partial charge in [-0.05, 0) is 18.0 Å². The van der Waals surface area contributed by atoms with Crippen molar-refractivity contribution in [2.45, 2.75) is 51.6 Å². The van der Waals surface area contributed by atoms with Crippen LogP contribution in [0.15, 0.2) is 12.4 Å². The lowest BCUT2D eigenvalue weighted by Gasteiger charge is -2.24. The quantitative estimate of drug-likeness (QED) is 0.918. The number of nitrogens with zero attached hydrogens (tertiary/aromatic N) is 4. The minimum atomic E-state index is -0.0883. The molecule has 3 heterocycles. The molecule has 0 spiro atoms. The summed E-state index contributed by atoms with van der Waals surface area (Å²) in [5, 5.41) is 6.75. The number of aryl methyl sites for hydroxylation is 1. The molecule has 0 aliphatic carbocycles. The second-order valence-electron chi connectivity index (χ2n) is 6.44. The number of aromatic nitrogens is 4. The predicted molar refractivity (Wildman–Crippen MR) is 80.4 cm³/mol. The highest BCUT2D eigenvalue weighted by molar-refractivity contribution is 7.07. The maximum atomic E-state index is 12.0. The van der Waals surface area contributed by atoms with E-state index in [4.69, 9.17) is 4.98 Å². The van der Waals surface area contributed by atoms with Crippen LogP contribution < -0.4 is 5.32 Å². The summed E-state index contributed by atoms with van der Waals surface area (Å²) in [7, 11) is 0. The van der Waals surface area contributed by atoms with Crippen LogP contribution in [-0.4, -0.2) is 31.1 Å². The number of amides is 1. The highest BCUT2D eigenvalue weighted by Crippen LogP contribution is 2.24. The number of nitrogens with one attached hydrogen (secondary N) is 1. The molecule has 1 aliphatic rings. The largest absolute Gasteiger partial charge is 0.347 e. The van der Waals surface area contributed by atoms with Crippen molar-refractivity contribution in [2.75, 3.05) is 0 Å². The van der Waals surface area contributed by atoms with Gasteiger partial charge in [-0.25, -0.2) is 4.98 Å². The minimum Gasteiger partial charge on any atom is -0.347 e. The number of hydrogen-bond acceptors (Lipinski definition) is 5. The van der Waals surface area contributed by atoms with Gasteiger partial charge < -0.3 is 9.88 Å². The third-order valence-electron chi connectivity index (χ3n) is 3.68. The van der Waals surface area contributed by atoms with E-state index in [1.165, 1.54) is 6.20 Å². The first-order chi connectivity index (χ1) is 9.93. The highest BCUT2D eigenvalue weighted by atomic mass is 32.1. The van der Waals surface area contributed by atoms with Gasteiger partial charge in [0.15, 0.2) is 0 Å². The Labute approximate surface area is 127 Å². The van der Waals surface area contributed by atoms with Crippen LogP contribution in [0.2, 0.25) is 0 Å². The van der Waals surface area contributed by atoms with E-state index in [0.29, 0.717) is 4.88 Å². The Morgan fingerprint density at radius 1 is 1.48 bits per heavy atom. The monoisotopic (exact) mass is 305 g/mol. The molecule has 0 radical (unpaired) electrons. The maximum Gasteiger partial charge on any atom is 0.264 e. The number of carbonyl (C=O) groups is 1. The molecule has 7 heteroatoms. The van der Waals surface area contributed by atoms with Crippen molar-refractivity contribution in [1.82, 2.24) is 24.5 Å². The molecule has 1 amide bonds. The molecule has 0 fully saturated rings. The van der Waals surface area contributed by atoms with Crippen LogP contribution in [0.4, 0.5) is 0 Å². The van der Waals surface area contributed by atoms with Crippen LogP contribution in [0.1, 0.15) is 48.4 Å². The van der Waals surface area contributed by atoms with E-state index in [9.17, 15) is 4.79 Å². The van der Waals surface area contributed by atoms with Gasteiger partial charge in [0.1, 0.15) is 10.7 Å². The second kappa shape index (κ2) is 5.22. The van der Waals surface area contributed by atoms with Gasteiger partial charge in [-0.3, -0.25) is 4.79 Å². The molecule has 0 bridgehead atoms. The molecule has 6 nitrogen and oxygen atoms in total. The van der Waals surface area contributed by atoms with Gasteiger partial charge in [-0.15, -0.1) is 5.10 Å². The van der Waals surface area contributed by atoms with Gasteiger partial charge in [0.05, 0.1) is 11.9 Å². The Kier molecular flexibility index (Phi) is 3.52. The normalized spacial score (nSPS) is 18.3. The van der Waals surface area contributed by atoms with Crippen molar-refractivity contribution >= 4 is 17.4 Å². The van der Waals surface area contributed by atoms with E-state index in [2.05, 4.69) is 46.4 Å². The van der Waals surface area contributed by atoms with E-state index in [0.717, 1.165) is 42.4 Å². The third-order valence-corrected chi connectivity index (χ3v) is 4.34. The van der Waals surface area contributed by atoms with E-state index >= 15 is 0 Å². The van der Waals surface area contributed by atoms with Crippen LogP contribution in [0, 0.1) is 0 Å². The van der Waals surface area contributed by atoms with Gasteiger partial charge in [-0.2, -0.15) is 0 Å². The summed E-state index contributed by atoms with van der Waals surface area (Å²) in [6.07, 6.45) is 5.42. The number of imidazole rings is 1. The summed E-state index contributed by atoms with van der Waals surface area (Å²) >= 11 is 1.12. The van der Waals surface area contributed by atoms with E-state index in [1.807, 2.05) is 0 Å². The molecule has 1 aliphatic heterocycles. The van der Waals surface area contributed by atoms with E-state index in [-0.39, 0.29) is 17.4 Å². The average molecular weight is 305 g/mol. The number of rotatable bonds is 2. The molecule has 0 saturated carbocycles. The Morgan fingerprint density at radius 3 is 2.95 bits per heavy atom. The Morgan fingerprint density at radius 2 is 2.29 bits per heavy atom. The summed E-state index contributed by atoms with van der Waals surface area (Å²) < 4.78 is 5.88. The van der Waals surface area contributed by atoms with Crippen molar-refractivity contribution in [3.63, 3.8) is 0 Å². The molecular formula is C14H19N5OS. The van der Waals surface area contributed by atoms with Crippen LogP contribution in [-0.2, 0) is 18.4 Å². The molecular weight excluding hydrogens is 286 g/mol. The molecule has 112 valence electrons. The van der Waals surface area contributed by atoms with Crippen molar-refractivity contribution in [3.8, 4) is 0 Å². The maximum absolute atomic E-state index is 12.0. The van der Waals surface area contributed by atoms with Crippen molar-refractivity contribution in [1.29, 1.82) is 0 Å². The van der Waals surface area contributed by atoms with Crippen LogP contribution in [0.5, 0.6) is 0 Å². The molecule has 21 heavy (non-hydrogen) atoms. The van der Waals surface area contributed by atoms with Crippen molar-refractivity contribution in [3.05, 3.63) is 28.8 Å². The van der Waals surface area contributed by atoms with Gasteiger partial charge in [0.25, 0.3) is 5.91 Å². The molecule has 3 rings (SSSR count). The Hall–Kier alpha value is -1.76. The Bertz CT molecular complexity index is 641. The topological polar surface area (TPSA) is 72.7 Å². The molecule has 2 aromatic heterocycles. The fourth-order valence-corrected chi connectivity index (χ4v) is 2.87. The summed E-state index contributed by atoms with van der Waals surface area (Å²) in [5.41, 5.74) is 1.16. The predicted octanol–water partition coefficient (Wildman–Crippen LogP) is 1.78. The molecule has 0 saturated heterocycles. The lowest BCUT2D eigenvalue weighted by atomic mass is 9.93. The van der Waals surface area contributed by atoms with Crippen LogP contribution >= 0.6 is 11.5 Å². The molecule has 0 unspecified atom stereocenters. The molecule has 0 aromatic carbocycles. The van der Waals surface area contributed by atoms with Gasteiger partial charge in [0.2, 0.25) is 0 Å². The SMILES string of the molecule is CC(C)(C)c1cn2c(n1)CC[C@H](NC(=O)c1cnns1)C2. The zero-order valence-corrected chi connectivity index (χ0v) is 13.3. The first-order valence-corrected chi connectivity index (χ1v) is 7.85. The summed E-state index contributed by atoms with van der Waals surface area (Å²) in [5.74, 6) is 1.03. The molecule has 1 N–H and O–H groups in total. The summed E-state index contributed by atoms with van der Waals surface area (Å²) in [4.78, 5) is 17.3. The fraction of sp³-hybridized carbons (Fsp3) is 0.571. The number of fused-ring (bicyclic) bond motifs is 1. The number of carbonyl (C=O) groups excluding carboxylic acids is 1. The third kappa shape index (κ3) is 2.97. The highest BCUT2D eigenvalue weighted by Gasteiger charge is 2.25. The fourth-order valence-electron chi connectivity index (χ4n) is 2.45. The van der Waals surface area contributed by atoms with Gasteiger partial charge in [-0.1, -0.05) is 25.3 Å². The van der Waals surface area contributed by atoms with Gasteiger partial charge in [0, 0.05) is 30.6 Å². The van der Waals surface area contributed by atoms with Crippen molar-refractivity contribution in [2.24, 2.45) is 0 Å². The first kappa shape index (κ1) is 14.2. The standard InChI is InChI=1S/C14H19N5OS/c1-14(2,3)11-8-19-7-9(4-5-12(19)17-11)16-13(20)10-6-15-18-21-10/h6,8-9H,4-5,7H2,1-3H3,(H,16,20)/t9-/m0/s1. The molecule has 2 aromatic rings. The zero-order valence-electron chi connectivity index (χ0n) is 12.5. The smallest absolute Gasteiger partial charge is 0.264 e. The zero-order chi connectivity index (χ0) is 15.0. The average Bonchev–Trinajstić information content (AvgIpc) is 3.06. The van der Waals surface area contributed by atoms with Crippen LogP contribution in [0.25, 0.3) is 0 Å². The Balaban J connectivity index is 1.70. The summed E-state index contributed by atoms with van der Waals surface area (Å²) in [6, 6.07) is 0.133. The molecule has 1 atom stereocenters. The second-order valence-corrected chi connectivity index (χ2v) is 7.22. The van der Waals surface area contributed by atoms with E-state index < -0.39 is 0 Å². The number of hydrogen-bond donors (Lipinski definition) is 1. The lowest BCUT2D eigenvalue weighted by Crippen LogP contribution is -2.40. The van der Waals surface area contributed by atoms with Crippen molar-refractivity contribution < 1.29 is 4.79 Å². The minimum absolute atomic E-state index is 0.0530. The van der Waals surface area contributed by atoms with E-state index in [1.54, 1.807) is 0 Å². The first-order valence-electron chi connectivity index (χ1n) is 7.08. The van der Waals surface area contributed by atoms with Crippen LogP contribution in [0.3, 0.4) is 0 Å². The van der Waals surface area contributed by atoms with Gasteiger partial charge >= 0.3 is 0 Å². The lowest BCUT2D eigenvalue weighted by molar-refractivity contribution is 0.0931. The summed E-state index contributed by atoms with van der Waals surface area (Å²) in [6.45, 7) is 7.27.